The minimum absolute atomic E-state index is 0.180. The van der Waals surface area contributed by atoms with Crippen molar-refractivity contribution in [1.82, 2.24) is 0 Å². The van der Waals surface area contributed by atoms with Crippen molar-refractivity contribution in [3.05, 3.63) is 0 Å². The van der Waals surface area contributed by atoms with E-state index in [-0.39, 0.29) is 6.10 Å². The van der Waals surface area contributed by atoms with Crippen molar-refractivity contribution in [2.75, 3.05) is 0 Å². The van der Waals surface area contributed by atoms with Gasteiger partial charge in [0.1, 0.15) is 6.10 Å². The van der Waals surface area contributed by atoms with Crippen LogP contribution < -0.4 is 0 Å². The minimum atomic E-state index is -0.726. The molecule has 0 aliphatic carbocycles. The summed E-state index contributed by atoms with van der Waals surface area (Å²) in [5.74, 6) is 0. The molecule has 1 N–H and O–H groups in total. The molecule has 0 aromatic carbocycles. The molecule has 1 atom stereocenters. The van der Waals surface area contributed by atoms with Gasteiger partial charge in [-0.2, -0.15) is 0 Å². The Morgan fingerprint density at radius 2 is 1.91 bits per heavy atom. The van der Waals surface area contributed by atoms with Gasteiger partial charge in [0.05, 0.1) is 6.10 Å². The van der Waals surface area contributed by atoms with Crippen molar-refractivity contribution in [3.63, 3.8) is 0 Å². The molecule has 0 saturated carbocycles. The van der Waals surface area contributed by atoms with Gasteiger partial charge in [0.15, 0.2) is 0 Å². The average molecular weight is 159 g/mol. The van der Waals surface area contributed by atoms with Crippen LogP contribution in [0, 0.1) is 5.41 Å². The van der Waals surface area contributed by atoms with E-state index >= 15 is 0 Å². The molecule has 11 heavy (non-hydrogen) atoms. The molecule has 0 radical (unpaired) electrons. The first-order valence-electron chi connectivity index (χ1n) is 3.44. The molecule has 0 rings (SSSR count). The molecule has 0 aliphatic rings. The van der Waals surface area contributed by atoms with Gasteiger partial charge >= 0.3 is 6.16 Å². The highest BCUT2D eigenvalue weighted by Crippen LogP contribution is 1.95. The Morgan fingerprint density at radius 1 is 1.36 bits per heavy atom. The lowest BCUT2D eigenvalue weighted by atomic mass is 10.4. The van der Waals surface area contributed by atoms with Crippen LogP contribution in [0.1, 0.15) is 20.8 Å². The van der Waals surface area contributed by atoms with Gasteiger partial charge in [-0.05, 0) is 20.8 Å². The van der Waals surface area contributed by atoms with Gasteiger partial charge in [-0.25, -0.2) is 4.79 Å². The number of nitrogens with one attached hydrogen (secondary N) is 1. The molecule has 4 heteroatoms. The molecule has 0 saturated heterocycles. The predicted octanol–water partition coefficient (Wildman–Crippen LogP) is 1.59. The Morgan fingerprint density at radius 3 is 2.27 bits per heavy atom. The van der Waals surface area contributed by atoms with E-state index in [0.29, 0.717) is 0 Å². The van der Waals surface area contributed by atoms with E-state index in [1.54, 1.807) is 20.8 Å². The van der Waals surface area contributed by atoms with Crippen LogP contribution in [0.25, 0.3) is 0 Å². The van der Waals surface area contributed by atoms with Crippen molar-refractivity contribution in [1.29, 1.82) is 5.41 Å². The van der Waals surface area contributed by atoms with Crippen molar-refractivity contribution in [2.45, 2.75) is 33.0 Å². The maximum absolute atomic E-state index is 10.7. The second kappa shape index (κ2) is 4.71. The molecule has 0 aromatic rings. The lowest BCUT2D eigenvalue weighted by molar-refractivity contribution is 0.0277. The number of carbonyl (C=O) groups is 1. The van der Waals surface area contributed by atoms with Gasteiger partial charge in [0.25, 0.3) is 0 Å². The molecule has 0 bridgehead atoms. The first-order valence-corrected chi connectivity index (χ1v) is 3.44. The summed E-state index contributed by atoms with van der Waals surface area (Å²) in [6.45, 7) is 5.06. The van der Waals surface area contributed by atoms with Crippen LogP contribution in [0.15, 0.2) is 0 Å². The summed E-state index contributed by atoms with van der Waals surface area (Å²) < 4.78 is 9.26. The van der Waals surface area contributed by atoms with E-state index in [9.17, 15) is 4.79 Å². The highest BCUT2D eigenvalue weighted by Gasteiger charge is 2.09. The van der Waals surface area contributed by atoms with Gasteiger partial charge in [-0.3, -0.25) is 0 Å². The Labute approximate surface area is 66.0 Å². The molecular formula is C7H13NO3. The fraction of sp³-hybridized carbons (Fsp3) is 0.714. The van der Waals surface area contributed by atoms with Crippen LogP contribution in [-0.4, -0.2) is 24.6 Å². The largest absolute Gasteiger partial charge is 0.509 e. The monoisotopic (exact) mass is 159 g/mol. The number of rotatable bonds is 3. The van der Waals surface area contributed by atoms with E-state index in [1.807, 2.05) is 0 Å². The quantitative estimate of drug-likeness (QED) is 0.502. The van der Waals surface area contributed by atoms with E-state index in [0.717, 1.165) is 6.21 Å². The second-order valence-electron chi connectivity index (χ2n) is 2.41. The minimum Gasteiger partial charge on any atom is -0.432 e. The van der Waals surface area contributed by atoms with Crippen molar-refractivity contribution >= 4 is 12.4 Å². The van der Waals surface area contributed by atoms with Crippen molar-refractivity contribution in [3.8, 4) is 0 Å². The van der Waals surface area contributed by atoms with E-state index in [4.69, 9.17) is 5.41 Å². The van der Waals surface area contributed by atoms with Gasteiger partial charge < -0.3 is 14.9 Å². The SMILES string of the molecule is CC(C)OC(=O)OC(C)C=N. The molecule has 64 valence electrons. The molecule has 0 spiro atoms. The van der Waals surface area contributed by atoms with Gasteiger partial charge in [-0.15, -0.1) is 0 Å². The zero-order valence-electron chi connectivity index (χ0n) is 6.96. The fourth-order valence-corrected chi connectivity index (χ4v) is 0.406. The van der Waals surface area contributed by atoms with Crippen molar-refractivity contribution < 1.29 is 14.3 Å². The summed E-state index contributed by atoms with van der Waals surface area (Å²) in [5, 5.41) is 6.73. The fourth-order valence-electron chi connectivity index (χ4n) is 0.406. The zero-order valence-corrected chi connectivity index (χ0v) is 6.96. The summed E-state index contributed by atoms with van der Waals surface area (Å²) in [4.78, 5) is 10.7. The van der Waals surface area contributed by atoms with Gasteiger partial charge in [-0.1, -0.05) is 0 Å². The average Bonchev–Trinajstić information content (AvgIpc) is 1.85. The van der Waals surface area contributed by atoms with Crippen LogP contribution in [0.3, 0.4) is 0 Å². The topological polar surface area (TPSA) is 59.4 Å². The van der Waals surface area contributed by atoms with E-state index in [2.05, 4.69) is 9.47 Å². The summed E-state index contributed by atoms with van der Waals surface area (Å²) in [6, 6.07) is 0. The molecule has 4 nitrogen and oxygen atoms in total. The third kappa shape index (κ3) is 5.39. The Kier molecular flexibility index (Phi) is 4.26. The smallest absolute Gasteiger partial charge is 0.432 e. The first kappa shape index (κ1) is 9.94. The van der Waals surface area contributed by atoms with Crippen molar-refractivity contribution in [2.24, 2.45) is 0 Å². The predicted molar refractivity (Wildman–Crippen MR) is 40.9 cm³/mol. The second-order valence-corrected chi connectivity index (χ2v) is 2.41. The van der Waals surface area contributed by atoms with Gasteiger partial charge in [0, 0.05) is 6.21 Å². The summed E-state index contributed by atoms with van der Waals surface area (Å²) in [6.07, 6.45) is -0.389. The molecule has 0 aliphatic heterocycles. The number of hydrogen-bond acceptors (Lipinski definition) is 4. The Hall–Kier alpha value is -1.06. The lowest BCUT2D eigenvalue weighted by Crippen LogP contribution is -2.19. The highest BCUT2D eigenvalue weighted by atomic mass is 16.7. The van der Waals surface area contributed by atoms with E-state index < -0.39 is 12.3 Å². The number of hydrogen-bond donors (Lipinski definition) is 1. The molecule has 0 amide bonds. The maximum atomic E-state index is 10.7. The lowest BCUT2D eigenvalue weighted by Gasteiger charge is -2.10. The molecule has 1 unspecified atom stereocenters. The summed E-state index contributed by atoms with van der Waals surface area (Å²) >= 11 is 0. The highest BCUT2D eigenvalue weighted by molar-refractivity contribution is 5.66. The van der Waals surface area contributed by atoms with Crippen LogP contribution >= 0.6 is 0 Å². The van der Waals surface area contributed by atoms with E-state index in [1.165, 1.54) is 0 Å². The van der Waals surface area contributed by atoms with Crippen LogP contribution in [0.2, 0.25) is 0 Å². The number of ether oxygens (including phenoxy) is 2. The molecular weight excluding hydrogens is 146 g/mol. The molecule has 0 fully saturated rings. The number of carbonyl (C=O) groups excluding carboxylic acids is 1. The summed E-state index contributed by atoms with van der Waals surface area (Å²) in [5.41, 5.74) is 0. The van der Waals surface area contributed by atoms with Gasteiger partial charge in [0.2, 0.25) is 0 Å². The van der Waals surface area contributed by atoms with Crippen LogP contribution in [0.4, 0.5) is 4.79 Å². The Bertz CT molecular complexity index is 145. The third-order valence-electron chi connectivity index (χ3n) is 0.849. The zero-order chi connectivity index (χ0) is 8.85. The molecule has 0 aromatic heterocycles. The standard InChI is InChI=1S/C7H13NO3/c1-5(2)10-7(9)11-6(3)4-8/h4-6,8H,1-3H3. The normalized spacial score (nSPS) is 12.4. The van der Waals surface area contributed by atoms with Crippen LogP contribution in [-0.2, 0) is 9.47 Å². The van der Waals surface area contributed by atoms with Crippen LogP contribution in [0.5, 0.6) is 0 Å². The summed E-state index contributed by atoms with van der Waals surface area (Å²) in [7, 11) is 0. The molecule has 0 heterocycles. The maximum Gasteiger partial charge on any atom is 0.509 e. The Balaban J connectivity index is 3.60. The third-order valence-corrected chi connectivity index (χ3v) is 0.849. The first-order chi connectivity index (χ1) is 5.06.